The second kappa shape index (κ2) is 3.90. The van der Waals surface area contributed by atoms with E-state index >= 15 is 0 Å². The molecule has 13 heavy (non-hydrogen) atoms. The minimum absolute atomic E-state index is 0.139. The first-order chi connectivity index (χ1) is 6.22. The molecule has 0 N–H and O–H groups in total. The maximum atomic E-state index is 11.3. The number of aryl methyl sites for hydroxylation is 2. The van der Waals surface area contributed by atoms with Gasteiger partial charge in [0.1, 0.15) is 23.2 Å². The molecule has 0 spiro atoms. The monoisotopic (exact) mass is 177 g/mol. The van der Waals surface area contributed by atoms with Crippen LogP contribution in [-0.2, 0) is 12.8 Å². The second-order valence-corrected chi connectivity index (χ2v) is 2.69. The molecule has 68 valence electrons. The molecule has 0 bridgehead atoms. The molecular formula is C10H11NO2. The topological polar surface area (TPSA) is 54.0 Å². The van der Waals surface area contributed by atoms with Gasteiger partial charge in [-0.05, 0) is 0 Å². The molecule has 0 amide bonds. The first-order valence-electron chi connectivity index (χ1n) is 4.28. The zero-order valence-corrected chi connectivity index (χ0v) is 7.76. The zero-order valence-electron chi connectivity index (χ0n) is 7.76. The molecule has 0 saturated heterocycles. The predicted octanol–water partition coefficient (Wildman–Crippen LogP) is 1.64. The van der Waals surface area contributed by atoms with Crippen molar-refractivity contribution in [3.8, 4) is 6.07 Å². The summed E-state index contributed by atoms with van der Waals surface area (Å²) in [6, 6.07) is 3.25. The van der Waals surface area contributed by atoms with Crippen molar-refractivity contribution in [1.82, 2.24) is 0 Å². The third-order valence-corrected chi connectivity index (χ3v) is 1.85. The van der Waals surface area contributed by atoms with Crippen molar-refractivity contribution in [2.75, 3.05) is 0 Å². The molecule has 0 atom stereocenters. The van der Waals surface area contributed by atoms with Gasteiger partial charge in [-0.2, -0.15) is 5.26 Å². The summed E-state index contributed by atoms with van der Waals surface area (Å²) < 4.78 is 5.36. The van der Waals surface area contributed by atoms with Crippen LogP contribution in [0.5, 0.6) is 0 Å². The van der Waals surface area contributed by atoms with Gasteiger partial charge in [0.15, 0.2) is 0 Å². The average molecular weight is 177 g/mol. The molecule has 0 unspecified atom stereocenters. The standard InChI is InChI=1S/C10H11NO2/c1-3-7-5-9(12)8(6-11)10(4-2)13-7/h5H,3-4H2,1-2H3. The largest absolute Gasteiger partial charge is 0.464 e. The highest BCUT2D eigenvalue weighted by Gasteiger charge is 2.08. The minimum Gasteiger partial charge on any atom is -0.464 e. The molecule has 0 aliphatic carbocycles. The predicted molar refractivity (Wildman–Crippen MR) is 48.4 cm³/mol. The summed E-state index contributed by atoms with van der Waals surface area (Å²) in [5.41, 5.74) is -0.0952. The second-order valence-electron chi connectivity index (χ2n) is 2.69. The normalized spacial score (nSPS) is 9.62. The fourth-order valence-corrected chi connectivity index (χ4v) is 1.14. The lowest BCUT2D eigenvalue weighted by Gasteiger charge is -2.01. The van der Waals surface area contributed by atoms with E-state index in [1.54, 1.807) is 0 Å². The van der Waals surface area contributed by atoms with Crippen LogP contribution in [0.2, 0.25) is 0 Å². The van der Waals surface area contributed by atoms with E-state index in [4.69, 9.17) is 9.68 Å². The van der Waals surface area contributed by atoms with Gasteiger partial charge < -0.3 is 4.42 Å². The molecular weight excluding hydrogens is 166 g/mol. The van der Waals surface area contributed by atoms with Gasteiger partial charge in [0.05, 0.1) is 0 Å². The van der Waals surface area contributed by atoms with Crippen LogP contribution >= 0.6 is 0 Å². The van der Waals surface area contributed by atoms with Crippen molar-refractivity contribution in [2.45, 2.75) is 26.7 Å². The summed E-state index contributed by atoms with van der Waals surface area (Å²) in [5.74, 6) is 1.13. The summed E-state index contributed by atoms with van der Waals surface area (Å²) >= 11 is 0. The molecule has 0 aliphatic heterocycles. The lowest BCUT2D eigenvalue weighted by Crippen LogP contribution is -2.09. The van der Waals surface area contributed by atoms with Crippen LogP contribution in [0.15, 0.2) is 15.3 Å². The Morgan fingerprint density at radius 3 is 2.62 bits per heavy atom. The third kappa shape index (κ3) is 1.78. The SMILES string of the molecule is CCc1cc(=O)c(C#N)c(CC)o1. The average Bonchev–Trinajstić information content (AvgIpc) is 2.16. The Kier molecular flexibility index (Phi) is 2.86. The van der Waals surface area contributed by atoms with Gasteiger partial charge in [-0.25, -0.2) is 0 Å². The van der Waals surface area contributed by atoms with Crippen molar-refractivity contribution in [3.63, 3.8) is 0 Å². The Hall–Kier alpha value is -1.56. The van der Waals surface area contributed by atoms with Crippen molar-refractivity contribution >= 4 is 0 Å². The molecule has 3 nitrogen and oxygen atoms in total. The van der Waals surface area contributed by atoms with Gasteiger partial charge >= 0.3 is 0 Å². The molecule has 1 rings (SSSR count). The molecule has 0 radical (unpaired) electrons. The summed E-state index contributed by atoms with van der Waals surface area (Å²) in [5, 5.41) is 8.68. The van der Waals surface area contributed by atoms with Crippen molar-refractivity contribution in [3.05, 3.63) is 33.4 Å². The smallest absolute Gasteiger partial charge is 0.203 e. The Balaban J connectivity index is 3.40. The molecule has 1 heterocycles. The van der Waals surface area contributed by atoms with E-state index in [-0.39, 0.29) is 11.0 Å². The fraction of sp³-hybridized carbons (Fsp3) is 0.400. The van der Waals surface area contributed by atoms with Crippen molar-refractivity contribution in [1.29, 1.82) is 5.26 Å². The van der Waals surface area contributed by atoms with Gasteiger partial charge in [-0.3, -0.25) is 4.79 Å². The van der Waals surface area contributed by atoms with E-state index in [0.29, 0.717) is 24.4 Å². The molecule has 3 heteroatoms. The molecule has 1 aromatic rings. The highest BCUT2D eigenvalue weighted by molar-refractivity contribution is 5.32. The van der Waals surface area contributed by atoms with Gasteiger partial charge in [-0.15, -0.1) is 0 Å². The van der Waals surface area contributed by atoms with E-state index in [0.717, 1.165) is 0 Å². The van der Waals surface area contributed by atoms with Crippen LogP contribution in [0, 0.1) is 11.3 Å². The number of rotatable bonds is 2. The summed E-state index contributed by atoms with van der Waals surface area (Å²) in [6.07, 6.45) is 1.25. The Morgan fingerprint density at radius 1 is 1.46 bits per heavy atom. The van der Waals surface area contributed by atoms with Crippen LogP contribution in [0.4, 0.5) is 0 Å². The Labute approximate surface area is 76.6 Å². The molecule has 1 aromatic heterocycles. The van der Waals surface area contributed by atoms with Crippen molar-refractivity contribution < 1.29 is 4.42 Å². The molecule has 0 fully saturated rings. The summed E-state index contributed by atoms with van der Waals surface area (Å²) in [7, 11) is 0. The number of hydrogen-bond acceptors (Lipinski definition) is 3. The van der Waals surface area contributed by atoms with E-state index < -0.39 is 0 Å². The lowest BCUT2D eigenvalue weighted by atomic mass is 10.1. The summed E-state index contributed by atoms with van der Waals surface area (Å²) in [4.78, 5) is 11.3. The first-order valence-corrected chi connectivity index (χ1v) is 4.28. The number of hydrogen-bond donors (Lipinski definition) is 0. The van der Waals surface area contributed by atoms with E-state index in [9.17, 15) is 4.79 Å². The first kappa shape index (κ1) is 9.53. The third-order valence-electron chi connectivity index (χ3n) is 1.85. The van der Waals surface area contributed by atoms with Crippen LogP contribution < -0.4 is 5.43 Å². The zero-order chi connectivity index (χ0) is 9.84. The minimum atomic E-state index is -0.234. The molecule has 0 aliphatic rings. The van der Waals surface area contributed by atoms with Gasteiger partial charge in [0.25, 0.3) is 0 Å². The lowest BCUT2D eigenvalue weighted by molar-refractivity contribution is 0.452. The highest BCUT2D eigenvalue weighted by Crippen LogP contribution is 2.07. The maximum Gasteiger partial charge on any atom is 0.203 e. The van der Waals surface area contributed by atoms with Crippen LogP contribution in [-0.4, -0.2) is 0 Å². The molecule has 0 saturated carbocycles. The van der Waals surface area contributed by atoms with Gasteiger partial charge in [-0.1, -0.05) is 13.8 Å². The molecule has 0 aromatic carbocycles. The number of nitriles is 1. The van der Waals surface area contributed by atoms with E-state index in [1.165, 1.54) is 6.07 Å². The van der Waals surface area contributed by atoms with Crippen LogP contribution in [0.1, 0.15) is 30.9 Å². The Bertz CT molecular complexity index is 398. The van der Waals surface area contributed by atoms with Crippen molar-refractivity contribution in [2.24, 2.45) is 0 Å². The quantitative estimate of drug-likeness (QED) is 0.690. The number of nitrogens with zero attached hydrogens (tertiary/aromatic N) is 1. The Morgan fingerprint density at radius 2 is 2.15 bits per heavy atom. The highest BCUT2D eigenvalue weighted by atomic mass is 16.3. The van der Waals surface area contributed by atoms with E-state index in [1.807, 2.05) is 19.9 Å². The maximum absolute atomic E-state index is 11.3. The fourth-order valence-electron chi connectivity index (χ4n) is 1.14. The van der Waals surface area contributed by atoms with Gasteiger partial charge in [0, 0.05) is 18.9 Å². The summed E-state index contributed by atoms with van der Waals surface area (Å²) in [6.45, 7) is 3.77. The van der Waals surface area contributed by atoms with E-state index in [2.05, 4.69) is 0 Å². The van der Waals surface area contributed by atoms with Crippen LogP contribution in [0.25, 0.3) is 0 Å². The van der Waals surface area contributed by atoms with Crippen LogP contribution in [0.3, 0.4) is 0 Å². The van der Waals surface area contributed by atoms with Gasteiger partial charge in [0.2, 0.25) is 5.43 Å².